The lowest BCUT2D eigenvalue weighted by atomic mass is 10.00. The molecule has 0 saturated carbocycles. The molecule has 0 aliphatic rings. The molecule has 5 nitrogen and oxygen atoms in total. The molecule has 4 aromatic rings. The molecule has 2 heterocycles. The minimum absolute atomic E-state index is 0.0986. The molecule has 5 heteroatoms. The third kappa shape index (κ3) is 2.04. The van der Waals surface area contributed by atoms with E-state index in [4.69, 9.17) is 0 Å². The van der Waals surface area contributed by atoms with Crippen LogP contribution in [0.15, 0.2) is 53.6 Å². The maximum atomic E-state index is 12.6. The summed E-state index contributed by atoms with van der Waals surface area (Å²) in [6.45, 7) is 2.56. The molecule has 0 unspecified atom stereocenters. The fraction of sp³-hybridized carbons (Fsp3) is 0.167. The van der Waals surface area contributed by atoms with Gasteiger partial charge < -0.3 is 0 Å². The summed E-state index contributed by atoms with van der Waals surface area (Å²) < 4.78 is 3.24. The van der Waals surface area contributed by atoms with Gasteiger partial charge in [0.2, 0.25) is 0 Å². The van der Waals surface area contributed by atoms with Crippen LogP contribution in [0.3, 0.4) is 0 Å². The van der Waals surface area contributed by atoms with Gasteiger partial charge in [-0.05, 0) is 28.8 Å². The second kappa shape index (κ2) is 5.05. The van der Waals surface area contributed by atoms with Crippen LogP contribution in [-0.2, 0) is 13.6 Å². The van der Waals surface area contributed by atoms with Crippen molar-refractivity contribution in [2.24, 2.45) is 7.05 Å². The zero-order chi connectivity index (χ0) is 16.0. The summed E-state index contributed by atoms with van der Waals surface area (Å²) in [5.41, 5.74) is 3.43. The van der Waals surface area contributed by atoms with Crippen LogP contribution < -0.4 is 5.69 Å². The lowest BCUT2D eigenvalue weighted by Gasteiger charge is -2.11. The zero-order valence-corrected chi connectivity index (χ0v) is 13.0. The Balaban J connectivity index is 1.98. The molecule has 0 bridgehead atoms. The van der Waals surface area contributed by atoms with Gasteiger partial charge in [0.1, 0.15) is 0 Å². The quantitative estimate of drug-likeness (QED) is 0.572. The number of hydrogen-bond acceptors (Lipinski definition) is 3. The number of nitrogens with zero attached hydrogens (tertiary/aromatic N) is 4. The van der Waals surface area contributed by atoms with Gasteiger partial charge in [-0.1, -0.05) is 36.4 Å². The molecule has 0 amide bonds. The van der Waals surface area contributed by atoms with Gasteiger partial charge in [0.25, 0.3) is 0 Å². The second-order valence-electron chi connectivity index (χ2n) is 5.71. The summed E-state index contributed by atoms with van der Waals surface area (Å²) in [4.78, 5) is 21.2. The number of imidazole rings is 1. The lowest BCUT2D eigenvalue weighted by molar-refractivity contribution is 0.731. The van der Waals surface area contributed by atoms with E-state index in [0.717, 1.165) is 11.1 Å². The van der Waals surface area contributed by atoms with Crippen LogP contribution in [-0.4, -0.2) is 19.1 Å². The van der Waals surface area contributed by atoms with E-state index in [1.54, 1.807) is 28.6 Å². The van der Waals surface area contributed by atoms with Crippen LogP contribution in [0.1, 0.15) is 11.1 Å². The van der Waals surface area contributed by atoms with E-state index >= 15 is 0 Å². The largest absolute Gasteiger partial charge is 0.331 e. The Morgan fingerprint density at radius 2 is 1.74 bits per heavy atom. The molecule has 23 heavy (non-hydrogen) atoms. The molecule has 0 spiro atoms. The Bertz CT molecular complexity index is 1090. The van der Waals surface area contributed by atoms with Gasteiger partial charge in [-0.3, -0.25) is 9.13 Å². The maximum Gasteiger partial charge on any atom is 0.331 e. The van der Waals surface area contributed by atoms with Crippen LogP contribution >= 0.6 is 0 Å². The van der Waals surface area contributed by atoms with Crippen molar-refractivity contribution in [1.29, 1.82) is 0 Å². The highest BCUT2D eigenvalue weighted by Crippen LogP contribution is 2.23. The number of rotatable bonds is 2. The molecule has 0 N–H and O–H groups in total. The Hall–Kier alpha value is -2.95. The lowest BCUT2D eigenvalue weighted by Crippen LogP contribution is -2.23. The number of benzene rings is 2. The molecule has 2 aromatic carbocycles. The SMILES string of the molecule is Cc1ccc2ccccc2c1Cn1c(=O)n(C)c2nccnc21. The highest BCUT2D eigenvalue weighted by Gasteiger charge is 2.14. The van der Waals surface area contributed by atoms with Crippen molar-refractivity contribution in [2.45, 2.75) is 13.5 Å². The molecule has 114 valence electrons. The smallest absolute Gasteiger partial charge is 0.278 e. The van der Waals surface area contributed by atoms with E-state index in [1.165, 1.54) is 10.8 Å². The van der Waals surface area contributed by atoms with Crippen molar-refractivity contribution in [3.63, 3.8) is 0 Å². The monoisotopic (exact) mass is 304 g/mol. The van der Waals surface area contributed by atoms with Crippen molar-refractivity contribution in [1.82, 2.24) is 19.1 Å². The number of hydrogen-bond donors (Lipinski definition) is 0. The van der Waals surface area contributed by atoms with Crippen molar-refractivity contribution in [2.75, 3.05) is 0 Å². The van der Waals surface area contributed by atoms with Crippen LogP contribution in [0.2, 0.25) is 0 Å². The molecular weight excluding hydrogens is 288 g/mol. The predicted molar refractivity (Wildman–Crippen MR) is 90.6 cm³/mol. The number of aromatic nitrogens is 4. The third-order valence-corrected chi connectivity index (χ3v) is 4.34. The number of fused-ring (bicyclic) bond motifs is 2. The van der Waals surface area contributed by atoms with E-state index in [1.807, 2.05) is 12.1 Å². The molecule has 0 atom stereocenters. The summed E-state index contributed by atoms with van der Waals surface area (Å²) in [6, 6.07) is 12.4. The molecular formula is C18H16N4O. The van der Waals surface area contributed by atoms with E-state index in [2.05, 4.69) is 41.2 Å². The van der Waals surface area contributed by atoms with Gasteiger partial charge in [-0.15, -0.1) is 0 Å². The minimum Gasteiger partial charge on any atom is -0.278 e. The van der Waals surface area contributed by atoms with E-state index in [0.29, 0.717) is 17.8 Å². The molecule has 4 rings (SSSR count). The Morgan fingerprint density at radius 3 is 2.57 bits per heavy atom. The van der Waals surface area contributed by atoms with Gasteiger partial charge >= 0.3 is 5.69 Å². The Morgan fingerprint density at radius 1 is 1.00 bits per heavy atom. The Kier molecular flexibility index (Phi) is 3.01. The van der Waals surface area contributed by atoms with Gasteiger partial charge in [-0.2, -0.15) is 0 Å². The highest BCUT2D eigenvalue weighted by molar-refractivity contribution is 5.86. The van der Waals surface area contributed by atoms with Crippen LogP contribution in [0.25, 0.3) is 22.1 Å². The summed E-state index contributed by atoms with van der Waals surface area (Å²) >= 11 is 0. The molecule has 0 aliphatic heterocycles. The van der Waals surface area contributed by atoms with Gasteiger partial charge in [-0.25, -0.2) is 14.8 Å². The first-order valence-corrected chi connectivity index (χ1v) is 7.50. The van der Waals surface area contributed by atoms with E-state index in [-0.39, 0.29) is 5.69 Å². The highest BCUT2D eigenvalue weighted by atomic mass is 16.1. The zero-order valence-electron chi connectivity index (χ0n) is 13.0. The van der Waals surface area contributed by atoms with Gasteiger partial charge in [0, 0.05) is 19.4 Å². The fourth-order valence-electron chi connectivity index (χ4n) is 3.07. The topological polar surface area (TPSA) is 52.7 Å². The van der Waals surface area contributed by atoms with Crippen LogP contribution in [0, 0.1) is 6.92 Å². The van der Waals surface area contributed by atoms with Crippen LogP contribution in [0.5, 0.6) is 0 Å². The summed E-state index contributed by atoms with van der Waals surface area (Å²) in [5, 5.41) is 2.34. The standard InChI is InChI=1S/C18H16N4O/c1-12-7-8-13-5-3-4-6-14(13)15(12)11-22-17-16(19-9-10-20-17)21(2)18(22)23/h3-10H,11H2,1-2H3. The molecule has 0 aliphatic carbocycles. The van der Waals surface area contributed by atoms with Crippen molar-refractivity contribution < 1.29 is 0 Å². The summed E-state index contributed by atoms with van der Waals surface area (Å²) in [7, 11) is 1.73. The fourth-order valence-corrected chi connectivity index (χ4v) is 3.07. The predicted octanol–water partition coefficient (Wildman–Crippen LogP) is 2.64. The third-order valence-electron chi connectivity index (χ3n) is 4.34. The normalized spacial score (nSPS) is 11.4. The molecule has 0 radical (unpaired) electrons. The van der Waals surface area contributed by atoms with Crippen molar-refractivity contribution in [3.05, 3.63) is 70.4 Å². The van der Waals surface area contributed by atoms with E-state index < -0.39 is 0 Å². The summed E-state index contributed by atoms with van der Waals surface area (Å²) in [5.74, 6) is 0. The average Bonchev–Trinajstić information content (AvgIpc) is 2.82. The Labute approximate surface area is 132 Å². The van der Waals surface area contributed by atoms with Crippen LogP contribution in [0.4, 0.5) is 0 Å². The first kappa shape index (κ1) is 13.7. The molecule has 0 saturated heterocycles. The summed E-state index contributed by atoms with van der Waals surface area (Å²) in [6.07, 6.45) is 3.23. The molecule has 2 aromatic heterocycles. The van der Waals surface area contributed by atoms with E-state index in [9.17, 15) is 4.79 Å². The average molecular weight is 304 g/mol. The molecule has 0 fully saturated rings. The second-order valence-corrected chi connectivity index (χ2v) is 5.71. The minimum atomic E-state index is -0.0986. The van der Waals surface area contributed by atoms with Gasteiger partial charge in [0.05, 0.1) is 6.54 Å². The number of aryl methyl sites for hydroxylation is 2. The van der Waals surface area contributed by atoms with Crippen molar-refractivity contribution >= 4 is 22.1 Å². The van der Waals surface area contributed by atoms with Gasteiger partial charge in [0.15, 0.2) is 11.3 Å². The maximum absolute atomic E-state index is 12.6. The first-order chi connectivity index (χ1) is 11.2. The first-order valence-electron chi connectivity index (χ1n) is 7.50. The van der Waals surface area contributed by atoms with Crippen molar-refractivity contribution in [3.8, 4) is 0 Å².